The molecular weight excluding hydrogens is 463 g/mol. The number of halogens is 1. The highest BCUT2D eigenvalue weighted by atomic mass is 19.1. The lowest BCUT2D eigenvalue weighted by molar-refractivity contribution is -0.129. The van der Waals surface area contributed by atoms with Gasteiger partial charge in [-0.25, -0.2) is 19.8 Å². The molecule has 0 aliphatic heterocycles. The van der Waals surface area contributed by atoms with Crippen LogP contribution in [0.25, 0.3) is 21.8 Å². The third-order valence-corrected chi connectivity index (χ3v) is 5.67. The molecule has 10 heteroatoms. The van der Waals surface area contributed by atoms with Crippen molar-refractivity contribution < 1.29 is 19.1 Å². The summed E-state index contributed by atoms with van der Waals surface area (Å²) in [5.41, 5.74) is 4.96. The van der Waals surface area contributed by atoms with E-state index in [1.807, 2.05) is 47.1 Å². The van der Waals surface area contributed by atoms with E-state index >= 15 is 0 Å². The predicted octanol–water partition coefficient (Wildman–Crippen LogP) is 4.57. The Morgan fingerprint density at radius 3 is 2.86 bits per heavy atom. The molecule has 0 aliphatic carbocycles. The number of nitrogens with zero attached hydrogens (tertiary/aromatic N) is 4. The minimum atomic E-state index is -0.450. The van der Waals surface area contributed by atoms with Crippen LogP contribution in [0.4, 0.5) is 15.9 Å². The van der Waals surface area contributed by atoms with Crippen molar-refractivity contribution in [3.63, 3.8) is 0 Å². The first-order valence-corrected chi connectivity index (χ1v) is 11.4. The Bertz CT molecular complexity index is 1540. The lowest BCUT2D eigenvalue weighted by Gasteiger charge is -2.11. The quantitative estimate of drug-likeness (QED) is 0.159. The topological polar surface area (TPSA) is 114 Å². The molecular formula is C26H23FN6O3. The highest BCUT2D eigenvalue weighted by Gasteiger charge is 2.09. The maximum atomic E-state index is 13.5. The summed E-state index contributed by atoms with van der Waals surface area (Å²) in [5, 5.41) is 18.1. The van der Waals surface area contributed by atoms with E-state index in [1.165, 1.54) is 18.5 Å². The summed E-state index contributed by atoms with van der Waals surface area (Å²) in [7, 11) is 0. The number of anilines is 2. The lowest BCUT2D eigenvalue weighted by Crippen LogP contribution is -2.18. The van der Waals surface area contributed by atoms with Crippen molar-refractivity contribution in [3.8, 4) is 5.75 Å². The van der Waals surface area contributed by atoms with E-state index in [0.717, 1.165) is 33.1 Å². The Morgan fingerprint density at radius 1 is 1.08 bits per heavy atom. The molecule has 5 aromatic rings. The van der Waals surface area contributed by atoms with Crippen molar-refractivity contribution in [3.05, 3.63) is 84.6 Å². The van der Waals surface area contributed by atoms with Crippen LogP contribution in [-0.2, 0) is 11.3 Å². The molecule has 1 amide bonds. The summed E-state index contributed by atoms with van der Waals surface area (Å²) >= 11 is 0. The molecule has 0 unspecified atom stereocenters. The van der Waals surface area contributed by atoms with Crippen LogP contribution in [0.5, 0.6) is 5.75 Å². The second-order valence-electron chi connectivity index (χ2n) is 8.22. The van der Waals surface area contributed by atoms with Gasteiger partial charge in [0.15, 0.2) is 0 Å². The Balaban J connectivity index is 1.33. The Hall–Kier alpha value is -4.57. The van der Waals surface area contributed by atoms with E-state index < -0.39 is 5.91 Å². The van der Waals surface area contributed by atoms with Gasteiger partial charge >= 0.3 is 0 Å². The summed E-state index contributed by atoms with van der Waals surface area (Å²) in [4.78, 5) is 19.9. The van der Waals surface area contributed by atoms with Gasteiger partial charge in [-0.3, -0.25) is 14.7 Å². The number of fused-ring (bicyclic) bond motifs is 2. The van der Waals surface area contributed by atoms with Crippen LogP contribution in [-0.4, -0.2) is 37.5 Å². The SMILES string of the molecule is O=C(CCCOc1ccc2ncnc(Nc3ccc4c(cnn4Cc4cccc(F)c4)c3)c2c1)NO. The summed E-state index contributed by atoms with van der Waals surface area (Å²) < 4.78 is 21.1. The molecule has 3 aromatic carbocycles. The van der Waals surface area contributed by atoms with Crippen LogP contribution >= 0.6 is 0 Å². The highest BCUT2D eigenvalue weighted by Crippen LogP contribution is 2.28. The van der Waals surface area contributed by atoms with Gasteiger partial charge in [0, 0.05) is 22.9 Å². The summed E-state index contributed by atoms with van der Waals surface area (Å²) in [6.07, 6.45) is 3.91. The van der Waals surface area contributed by atoms with Crippen molar-refractivity contribution in [1.82, 2.24) is 25.2 Å². The van der Waals surface area contributed by atoms with E-state index in [2.05, 4.69) is 20.4 Å². The molecule has 5 rings (SSSR count). The van der Waals surface area contributed by atoms with Gasteiger partial charge in [0.2, 0.25) is 5.91 Å². The average Bonchev–Trinajstić information content (AvgIpc) is 3.28. The number of ether oxygens (including phenoxy) is 1. The standard InChI is InChI=1S/C26H23FN6O3/c27-19-4-1-3-17(11-19)15-33-24-9-6-20(12-18(24)14-30-33)31-26-22-13-21(7-8-23(22)28-16-29-26)36-10-2-5-25(34)32-35/h1,3-4,6-9,11-14,16,35H,2,5,10,15H2,(H,32,34)(H,28,29,31). The zero-order valence-corrected chi connectivity index (χ0v) is 19.2. The second-order valence-corrected chi connectivity index (χ2v) is 8.22. The predicted molar refractivity (Wildman–Crippen MR) is 133 cm³/mol. The van der Waals surface area contributed by atoms with E-state index in [1.54, 1.807) is 17.7 Å². The van der Waals surface area contributed by atoms with Crippen molar-refractivity contribution in [2.24, 2.45) is 0 Å². The molecule has 0 spiro atoms. The number of hydrogen-bond acceptors (Lipinski definition) is 7. The maximum absolute atomic E-state index is 13.5. The molecule has 0 saturated heterocycles. The van der Waals surface area contributed by atoms with Crippen LogP contribution in [0.1, 0.15) is 18.4 Å². The summed E-state index contributed by atoms with van der Waals surface area (Å²) in [6.45, 7) is 0.795. The Morgan fingerprint density at radius 2 is 2.00 bits per heavy atom. The van der Waals surface area contributed by atoms with E-state index in [0.29, 0.717) is 31.1 Å². The molecule has 2 aromatic heterocycles. The normalized spacial score (nSPS) is 11.1. The van der Waals surface area contributed by atoms with Crippen molar-refractivity contribution in [1.29, 1.82) is 0 Å². The first kappa shape index (κ1) is 23.2. The number of carbonyl (C=O) groups excluding carboxylic acids is 1. The van der Waals surface area contributed by atoms with Gasteiger partial charge in [-0.15, -0.1) is 0 Å². The molecule has 0 aliphatic rings. The van der Waals surface area contributed by atoms with E-state index in [-0.39, 0.29) is 12.2 Å². The monoisotopic (exact) mass is 486 g/mol. The van der Waals surface area contributed by atoms with Crippen molar-refractivity contribution in [2.45, 2.75) is 19.4 Å². The third-order valence-electron chi connectivity index (χ3n) is 5.67. The van der Waals surface area contributed by atoms with Crippen LogP contribution in [0.2, 0.25) is 0 Å². The number of nitrogens with one attached hydrogen (secondary N) is 2. The number of amides is 1. The molecule has 3 N–H and O–H groups in total. The molecule has 0 atom stereocenters. The molecule has 0 bridgehead atoms. The number of aromatic nitrogens is 4. The van der Waals surface area contributed by atoms with Crippen LogP contribution in [0, 0.1) is 5.82 Å². The third kappa shape index (κ3) is 5.23. The van der Waals surface area contributed by atoms with E-state index in [4.69, 9.17) is 9.94 Å². The minimum absolute atomic E-state index is 0.168. The molecule has 0 saturated carbocycles. The smallest absolute Gasteiger partial charge is 0.243 e. The number of carbonyl (C=O) groups is 1. The first-order valence-electron chi connectivity index (χ1n) is 11.4. The molecule has 182 valence electrons. The first-order chi connectivity index (χ1) is 17.6. The molecule has 0 fully saturated rings. The van der Waals surface area contributed by atoms with Gasteiger partial charge in [-0.2, -0.15) is 5.10 Å². The van der Waals surface area contributed by atoms with Gasteiger partial charge in [-0.1, -0.05) is 12.1 Å². The van der Waals surface area contributed by atoms with Gasteiger partial charge in [0.05, 0.1) is 30.4 Å². The minimum Gasteiger partial charge on any atom is -0.494 e. The number of hydroxylamine groups is 1. The fraction of sp³-hybridized carbons (Fsp3) is 0.154. The summed E-state index contributed by atoms with van der Waals surface area (Å²) in [5.74, 6) is 0.527. The number of rotatable bonds is 9. The maximum Gasteiger partial charge on any atom is 0.243 e. The number of hydrogen-bond donors (Lipinski definition) is 3. The van der Waals surface area contributed by atoms with Crippen LogP contribution < -0.4 is 15.5 Å². The molecule has 9 nitrogen and oxygen atoms in total. The van der Waals surface area contributed by atoms with Gasteiger partial charge < -0.3 is 10.1 Å². The van der Waals surface area contributed by atoms with Crippen LogP contribution in [0.3, 0.4) is 0 Å². The average molecular weight is 487 g/mol. The zero-order valence-electron chi connectivity index (χ0n) is 19.2. The van der Waals surface area contributed by atoms with Crippen LogP contribution in [0.15, 0.2) is 73.2 Å². The van der Waals surface area contributed by atoms with Crippen molar-refractivity contribution >= 4 is 39.2 Å². The zero-order chi connectivity index (χ0) is 24.9. The van der Waals surface area contributed by atoms with Gasteiger partial charge in [0.1, 0.15) is 23.7 Å². The van der Waals surface area contributed by atoms with Gasteiger partial charge in [-0.05, 0) is 60.5 Å². The highest BCUT2D eigenvalue weighted by molar-refractivity contribution is 5.92. The molecule has 2 heterocycles. The fourth-order valence-electron chi connectivity index (χ4n) is 3.94. The fourth-order valence-corrected chi connectivity index (χ4v) is 3.94. The van der Waals surface area contributed by atoms with E-state index in [9.17, 15) is 9.18 Å². The second kappa shape index (κ2) is 10.4. The number of benzene rings is 3. The Kier molecular flexibility index (Phi) is 6.67. The largest absolute Gasteiger partial charge is 0.494 e. The summed E-state index contributed by atoms with van der Waals surface area (Å²) in [6, 6.07) is 17.9. The Labute approximate surface area is 205 Å². The lowest BCUT2D eigenvalue weighted by atomic mass is 10.2. The molecule has 36 heavy (non-hydrogen) atoms. The van der Waals surface area contributed by atoms with Gasteiger partial charge in [0.25, 0.3) is 0 Å². The molecule has 0 radical (unpaired) electrons. The van der Waals surface area contributed by atoms with Crippen molar-refractivity contribution in [2.75, 3.05) is 11.9 Å².